The van der Waals surface area contributed by atoms with Crippen LogP contribution >= 0.6 is 11.8 Å². The molecule has 0 aromatic rings. The van der Waals surface area contributed by atoms with Gasteiger partial charge in [0.1, 0.15) is 6.42 Å². The maximum absolute atomic E-state index is 11.6. The average molecular weight is 190 g/mol. The Balaban J connectivity index is 3.90. The molecule has 0 atom stereocenters. The third-order valence-corrected chi connectivity index (χ3v) is 0.945. The van der Waals surface area contributed by atoms with Crippen molar-refractivity contribution in [3.8, 4) is 0 Å². The molecule has 0 N–H and O–H groups in total. The van der Waals surface area contributed by atoms with E-state index in [0.29, 0.717) is 0 Å². The molecule has 0 rings (SSSR count). The Bertz CT molecular complexity index is 145. The van der Waals surface area contributed by atoms with Crippen molar-refractivity contribution in [2.24, 2.45) is 4.51 Å². The molecule has 6 heteroatoms. The lowest BCUT2D eigenvalue weighted by Crippen LogP contribution is -2.16. The van der Waals surface area contributed by atoms with Crippen molar-refractivity contribution in [1.29, 1.82) is 0 Å². The van der Waals surface area contributed by atoms with Gasteiger partial charge in [-0.2, -0.15) is 13.2 Å². The molecule has 0 aromatic heterocycles. The van der Waals surface area contributed by atoms with Crippen molar-refractivity contribution in [1.82, 2.24) is 0 Å². The van der Waals surface area contributed by atoms with Crippen LogP contribution in [0.4, 0.5) is 13.2 Å². The van der Waals surface area contributed by atoms with Gasteiger partial charge in [0.25, 0.3) is 0 Å². The van der Waals surface area contributed by atoms with Gasteiger partial charge >= 0.3 is 6.18 Å². The molecule has 0 saturated carbocycles. The maximum atomic E-state index is 11.6. The molecule has 0 fully saturated rings. The molecule has 0 radical (unpaired) electrons. The van der Waals surface area contributed by atoms with E-state index in [9.17, 15) is 13.2 Å². The van der Waals surface area contributed by atoms with Gasteiger partial charge in [-0.25, -0.2) is 0 Å². The van der Waals surface area contributed by atoms with E-state index >= 15 is 0 Å². The molecule has 66 valence electrons. The highest BCUT2D eigenvalue weighted by Gasteiger charge is 2.30. The summed E-state index contributed by atoms with van der Waals surface area (Å²) in [4.78, 5) is 0. The van der Waals surface area contributed by atoms with Gasteiger partial charge in [-0.1, -0.05) is 0 Å². The van der Waals surface area contributed by atoms with Gasteiger partial charge in [0.2, 0.25) is 5.90 Å². The highest BCUT2D eigenvalue weighted by Crippen LogP contribution is 2.20. The minimum absolute atomic E-state index is 0.127. The van der Waals surface area contributed by atoms with Gasteiger partial charge in [-0.05, 0) is 6.92 Å². The quantitative estimate of drug-likeness (QED) is 0.483. The normalized spacial score (nSPS) is 13.4. The van der Waals surface area contributed by atoms with Gasteiger partial charge < -0.3 is 4.74 Å². The first-order valence-corrected chi connectivity index (χ1v) is 3.20. The van der Waals surface area contributed by atoms with E-state index in [1.165, 1.54) is 0 Å². The Kier molecular flexibility index (Phi) is 4.25. The fourth-order valence-corrected chi connectivity index (χ4v) is 0.552. The lowest BCUT2D eigenvalue weighted by Gasteiger charge is -2.07. The molecular weight excluding hydrogens is 183 g/mol. The second kappa shape index (κ2) is 4.43. The first-order valence-electron chi connectivity index (χ1n) is 2.87. The van der Waals surface area contributed by atoms with Crippen LogP contribution in [-0.2, 0) is 4.74 Å². The van der Waals surface area contributed by atoms with Gasteiger partial charge in [-0.3, -0.25) is 0 Å². The average Bonchev–Trinajstić information content (AvgIpc) is 1.84. The minimum Gasteiger partial charge on any atom is -0.480 e. The van der Waals surface area contributed by atoms with Crippen LogP contribution < -0.4 is 0 Å². The first-order chi connectivity index (χ1) is 4.99. The fraction of sp³-hybridized carbons (Fsp3) is 0.800. The Morgan fingerprint density at radius 2 is 2.09 bits per heavy atom. The summed E-state index contributed by atoms with van der Waals surface area (Å²) >= 11 is 4.82. The SMILES string of the molecule is CCO/C(CC(F)(F)F)=N/Cl. The maximum Gasteiger partial charge on any atom is 0.397 e. The molecule has 11 heavy (non-hydrogen) atoms. The number of hydrogen-bond acceptors (Lipinski definition) is 2. The number of hydrogen-bond donors (Lipinski definition) is 0. The van der Waals surface area contributed by atoms with E-state index < -0.39 is 18.5 Å². The highest BCUT2D eigenvalue weighted by atomic mass is 35.5. The number of ether oxygens (including phenoxy) is 1. The van der Waals surface area contributed by atoms with E-state index in [1.54, 1.807) is 6.92 Å². The van der Waals surface area contributed by atoms with Crippen LogP contribution in [0.15, 0.2) is 4.51 Å². The van der Waals surface area contributed by atoms with Crippen LogP contribution in [-0.4, -0.2) is 18.7 Å². The monoisotopic (exact) mass is 189 g/mol. The van der Waals surface area contributed by atoms with Crippen LogP contribution in [0.25, 0.3) is 0 Å². The molecule has 2 nitrogen and oxygen atoms in total. The van der Waals surface area contributed by atoms with Crippen molar-refractivity contribution in [3.63, 3.8) is 0 Å². The summed E-state index contributed by atoms with van der Waals surface area (Å²) in [6.45, 7) is 1.68. The van der Waals surface area contributed by atoms with E-state index in [1.807, 2.05) is 0 Å². The van der Waals surface area contributed by atoms with Crippen LogP contribution in [0, 0.1) is 0 Å². The van der Waals surface area contributed by atoms with Crippen molar-refractivity contribution in [3.05, 3.63) is 0 Å². The Morgan fingerprint density at radius 1 is 1.55 bits per heavy atom. The molecular formula is C5H7ClF3NO. The number of nitrogens with zero attached hydrogens (tertiary/aromatic N) is 1. The summed E-state index contributed by atoms with van der Waals surface area (Å²) < 4.78 is 42.1. The fourth-order valence-electron chi connectivity index (χ4n) is 0.443. The second-order valence-corrected chi connectivity index (χ2v) is 1.87. The van der Waals surface area contributed by atoms with Crippen LogP contribution in [0.5, 0.6) is 0 Å². The Labute approximate surface area is 67.1 Å². The van der Waals surface area contributed by atoms with Crippen LogP contribution in [0.1, 0.15) is 13.3 Å². The summed E-state index contributed by atoms with van der Waals surface area (Å²) in [5, 5.41) is 0. The van der Waals surface area contributed by atoms with Crippen molar-refractivity contribution in [2.45, 2.75) is 19.5 Å². The Morgan fingerprint density at radius 3 is 2.36 bits per heavy atom. The third-order valence-electron chi connectivity index (χ3n) is 0.757. The van der Waals surface area contributed by atoms with Gasteiger partial charge in [0.15, 0.2) is 0 Å². The molecule has 0 heterocycles. The molecule has 0 aliphatic carbocycles. The first kappa shape index (κ1) is 10.6. The van der Waals surface area contributed by atoms with Crippen molar-refractivity contribution in [2.75, 3.05) is 6.61 Å². The minimum atomic E-state index is -4.32. The van der Waals surface area contributed by atoms with Crippen molar-refractivity contribution < 1.29 is 17.9 Å². The van der Waals surface area contributed by atoms with Crippen molar-refractivity contribution >= 4 is 17.7 Å². The molecule has 0 aliphatic rings. The summed E-state index contributed by atoms with van der Waals surface area (Å²) in [5.41, 5.74) is 0. The third kappa shape index (κ3) is 5.97. The van der Waals surface area contributed by atoms with E-state index in [0.717, 1.165) is 0 Å². The van der Waals surface area contributed by atoms with E-state index in [-0.39, 0.29) is 6.61 Å². The highest BCUT2D eigenvalue weighted by molar-refractivity contribution is 6.19. The zero-order valence-electron chi connectivity index (χ0n) is 5.78. The molecule has 0 unspecified atom stereocenters. The van der Waals surface area contributed by atoms with E-state index in [4.69, 9.17) is 11.8 Å². The smallest absolute Gasteiger partial charge is 0.397 e. The van der Waals surface area contributed by atoms with Gasteiger partial charge in [-0.15, -0.1) is 4.51 Å². The predicted molar refractivity (Wildman–Crippen MR) is 35.6 cm³/mol. The number of halogens is 4. The molecule has 0 aliphatic heterocycles. The van der Waals surface area contributed by atoms with Gasteiger partial charge in [0, 0.05) is 11.8 Å². The lowest BCUT2D eigenvalue weighted by atomic mass is 10.4. The zero-order chi connectivity index (χ0) is 8.91. The molecule has 0 saturated heterocycles. The zero-order valence-corrected chi connectivity index (χ0v) is 6.54. The number of rotatable bonds is 2. The van der Waals surface area contributed by atoms with Crippen LogP contribution in [0.2, 0.25) is 0 Å². The molecule has 0 bridgehead atoms. The van der Waals surface area contributed by atoms with E-state index in [2.05, 4.69) is 9.25 Å². The summed E-state index contributed by atoms with van der Waals surface area (Å²) in [7, 11) is 0. The molecule has 0 aromatic carbocycles. The topological polar surface area (TPSA) is 21.6 Å². The van der Waals surface area contributed by atoms with Gasteiger partial charge in [0.05, 0.1) is 6.61 Å². The lowest BCUT2D eigenvalue weighted by molar-refractivity contribution is -0.123. The molecule has 0 amide bonds. The summed E-state index contributed by atoms with van der Waals surface area (Å²) in [6.07, 6.45) is -5.53. The summed E-state index contributed by atoms with van der Waals surface area (Å²) in [6, 6.07) is 0. The summed E-state index contributed by atoms with van der Waals surface area (Å²) in [5.74, 6) is -0.498. The second-order valence-electron chi connectivity index (χ2n) is 1.70. The largest absolute Gasteiger partial charge is 0.480 e. The Hall–Kier alpha value is -0.450. The van der Waals surface area contributed by atoms with Crippen LogP contribution in [0.3, 0.4) is 0 Å². The standard InChI is InChI=1S/C5H7ClF3NO/c1-2-11-4(10-6)3-5(7,8)9/h2-3H2,1H3/b10-4+. The number of alkyl halides is 3. The molecule has 0 spiro atoms. The predicted octanol–water partition coefficient (Wildman–Crippen LogP) is 2.53.